The molecule has 1 aliphatic heterocycles. The molecule has 0 radical (unpaired) electrons. The van der Waals surface area contributed by atoms with Crippen LogP contribution in [0.15, 0.2) is 0 Å². The van der Waals surface area contributed by atoms with Crippen LogP contribution in [0.1, 0.15) is 79.1 Å². The maximum absolute atomic E-state index is 3.96. The van der Waals surface area contributed by atoms with Gasteiger partial charge < -0.3 is 5.32 Å². The topological polar surface area (TPSA) is 15.3 Å². The van der Waals surface area contributed by atoms with E-state index in [9.17, 15) is 0 Å². The molecule has 1 saturated heterocycles. The SMILES string of the molecule is CCC(C)N1CC(CC)(CC)NCC12CCCCC2. The maximum Gasteiger partial charge on any atom is 0.0337 e. The molecule has 112 valence electrons. The highest BCUT2D eigenvalue weighted by Gasteiger charge is 2.47. The number of nitrogens with zero attached hydrogens (tertiary/aromatic N) is 1. The fraction of sp³-hybridized carbons (Fsp3) is 1.00. The van der Waals surface area contributed by atoms with Crippen molar-refractivity contribution in [2.45, 2.75) is 96.2 Å². The van der Waals surface area contributed by atoms with Gasteiger partial charge in [0.1, 0.15) is 0 Å². The third kappa shape index (κ3) is 2.85. The second-order valence-electron chi connectivity index (χ2n) is 7.01. The fourth-order valence-electron chi connectivity index (χ4n) is 4.24. The summed E-state index contributed by atoms with van der Waals surface area (Å²) in [4.78, 5) is 2.90. The first kappa shape index (κ1) is 15.3. The Bertz CT molecular complexity index is 277. The number of hydrogen-bond donors (Lipinski definition) is 1. The summed E-state index contributed by atoms with van der Waals surface area (Å²) in [5, 5.41) is 3.96. The third-order valence-electron chi connectivity index (χ3n) is 6.14. The lowest BCUT2D eigenvalue weighted by atomic mass is 9.74. The molecule has 2 nitrogen and oxygen atoms in total. The Morgan fingerprint density at radius 3 is 2.21 bits per heavy atom. The van der Waals surface area contributed by atoms with Crippen LogP contribution in [0.5, 0.6) is 0 Å². The van der Waals surface area contributed by atoms with Crippen LogP contribution < -0.4 is 5.32 Å². The number of hydrogen-bond acceptors (Lipinski definition) is 2. The number of piperazine rings is 1. The van der Waals surface area contributed by atoms with Gasteiger partial charge in [0.05, 0.1) is 0 Å². The van der Waals surface area contributed by atoms with E-state index < -0.39 is 0 Å². The van der Waals surface area contributed by atoms with Gasteiger partial charge in [-0.15, -0.1) is 0 Å². The van der Waals surface area contributed by atoms with Crippen LogP contribution in [0.3, 0.4) is 0 Å². The molecule has 0 aromatic rings. The molecule has 2 heteroatoms. The molecule has 2 fully saturated rings. The molecule has 1 saturated carbocycles. The van der Waals surface area contributed by atoms with Crippen molar-refractivity contribution in [3.05, 3.63) is 0 Å². The molecule has 1 unspecified atom stereocenters. The van der Waals surface area contributed by atoms with Gasteiger partial charge in [-0.2, -0.15) is 0 Å². The summed E-state index contributed by atoms with van der Waals surface area (Å²) in [5.74, 6) is 0. The lowest BCUT2D eigenvalue weighted by Gasteiger charge is -2.58. The van der Waals surface area contributed by atoms with Crippen molar-refractivity contribution in [2.24, 2.45) is 0 Å². The first-order valence-electron chi connectivity index (χ1n) is 8.63. The normalized spacial score (nSPS) is 28.4. The Balaban J connectivity index is 2.21. The maximum atomic E-state index is 3.96. The molecule has 1 heterocycles. The van der Waals surface area contributed by atoms with E-state index in [1.54, 1.807) is 0 Å². The zero-order chi connectivity index (χ0) is 13.9. The van der Waals surface area contributed by atoms with E-state index in [2.05, 4.69) is 37.9 Å². The second-order valence-corrected chi connectivity index (χ2v) is 7.01. The van der Waals surface area contributed by atoms with E-state index in [1.165, 1.54) is 64.5 Å². The number of rotatable bonds is 4. The Morgan fingerprint density at radius 2 is 1.68 bits per heavy atom. The van der Waals surface area contributed by atoms with Crippen molar-refractivity contribution < 1.29 is 0 Å². The van der Waals surface area contributed by atoms with Crippen molar-refractivity contribution in [1.82, 2.24) is 10.2 Å². The van der Waals surface area contributed by atoms with Gasteiger partial charge in [0, 0.05) is 30.2 Å². The van der Waals surface area contributed by atoms with Crippen molar-refractivity contribution >= 4 is 0 Å². The molecule has 19 heavy (non-hydrogen) atoms. The highest BCUT2D eigenvalue weighted by atomic mass is 15.3. The molecule has 0 aromatic carbocycles. The molecule has 2 aliphatic rings. The minimum atomic E-state index is 0.367. The third-order valence-corrected chi connectivity index (χ3v) is 6.14. The molecule has 1 aliphatic carbocycles. The van der Waals surface area contributed by atoms with Crippen LogP contribution in [0.25, 0.3) is 0 Å². The van der Waals surface area contributed by atoms with Crippen LogP contribution in [-0.2, 0) is 0 Å². The first-order chi connectivity index (χ1) is 9.11. The van der Waals surface area contributed by atoms with Gasteiger partial charge in [-0.3, -0.25) is 4.90 Å². The molecule has 0 bridgehead atoms. The van der Waals surface area contributed by atoms with E-state index in [0.717, 1.165) is 6.04 Å². The van der Waals surface area contributed by atoms with Crippen molar-refractivity contribution in [3.63, 3.8) is 0 Å². The van der Waals surface area contributed by atoms with Crippen molar-refractivity contribution in [1.29, 1.82) is 0 Å². The van der Waals surface area contributed by atoms with Crippen LogP contribution in [0.2, 0.25) is 0 Å². The number of nitrogens with one attached hydrogen (secondary N) is 1. The van der Waals surface area contributed by atoms with Gasteiger partial charge in [0.15, 0.2) is 0 Å². The lowest BCUT2D eigenvalue weighted by Crippen LogP contribution is -2.71. The summed E-state index contributed by atoms with van der Waals surface area (Å²) < 4.78 is 0. The van der Waals surface area contributed by atoms with E-state index >= 15 is 0 Å². The molecular weight excluding hydrogens is 232 g/mol. The standard InChI is InChI=1S/C17H34N2/c1-5-15(4)19-14-16(6-2,7-3)18-13-17(19)11-9-8-10-12-17/h15,18H,5-14H2,1-4H3. The predicted molar refractivity (Wildman–Crippen MR) is 83.6 cm³/mol. The summed E-state index contributed by atoms with van der Waals surface area (Å²) in [6, 6.07) is 0.734. The quantitative estimate of drug-likeness (QED) is 0.829. The summed E-state index contributed by atoms with van der Waals surface area (Å²) in [5.41, 5.74) is 0.841. The van der Waals surface area contributed by atoms with Gasteiger partial charge >= 0.3 is 0 Å². The average molecular weight is 266 g/mol. The van der Waals surface area contributed by atoms with E-state index in [0.29, 0.717) is 11.1 Å². The van der Waals surface area contributed by atoms with Crippen molar-refractivity contribution in [2.75, 3.05) is 13.1 Å². The summed E-state index contributed by atoms with van der Waals surface area (Å²) >= 11 is 0. The van der Waals surface area contributed by atoms with Gasteiger partial charge in [0.2, 0.25) is 0 Å². The highest BCUT2D eigenvalue weighted by molar-refractivity contribution is 5.06. The largest absolute Gasteiger partial charge is 0.308 e. The Hall–Kier alpha value is -0.0800. The molecule has 1 spiro atoms. The molecular formula is C17H34N2. The van der Waals surface area contributed by atoms with Gasteiger partial charge in [-0.05, 0) is 39.0 Å². The lowest BCUT2D eigenvalue weighted by molar-refractivity contribution is -0.0466. The molecule has 1 atom stereocenters. The first-order valence-corrected chi connectivity index (χ1v) is 8.63. The monoisotopic (exact) mass is 266 g/mol. The zero-order valence-corrected chi connectivity index (χ0v) is 13.6. The minimum absolute atomic E-state index is 0.367. The van der Waals surface area contributed by atoms with E-state index in [4.69, 9.17) is 0 Å². The van der Waals surface area contributed by atoms with Crippen molar-refractivity contribution in [3.8, 4) is 0 Å². The molecule has 0 aromatic heterocycles. The average Bonchev–Trinajstić information content (AvgIpc) is 2.48. The second kappa shape index (κ2) is 6.13. The summed E-state index contributed by atoms with van der Waals surface area (Å²) in [6.07, 6.45) is 10.9. The van der Waals surface area contributed by atoms with Gasteiger partial charge in [0.25, 0.3) is 0 Å². The Morgan fingerprint density at radius 1 is 1.05 bits per heavy atom. The zero-order valence-electron chi connectivity index (χ0n) is 13.6. The van der Waals surface area contributed by atoms with Crippen LogP contribution in [0.4, 0.5) is 0 Å². The van der Waals surface area contributed by atoms with Crippen LogP contribution >= 0.6 is 0 Å². The predicted octanol–water partition coefficient (Wildman–Crippen LogP) is 3.95. The summed E-state index contributed by atoms with van der Waals surface area (Å²) in [6.45, 7) is 12.0. The fourth-order valence-corrected chi connectivity index (χ4v) is 4.24. The van der Waals surface area contributed by atoms with Gasteiger partial charge in [-0.1, -0.05) is 40.0 Å². The van der Waals surface area contributed by atoms with Gasteiger partial charge in [-0.25, -0.2) is 0 Å². The van der Waals surface area contributed by atoms with Crippen LogP contribution in [-0.4, -0.2) is 35.1 Å². The van der Waals surface area contributed by atoms with E-state index in [1.807, 2.05) is 0 Å². The smallest absolute Gasteiger partial charge is 0.0337 e. The van der Waals surface area contributed by atoms with Crippen LogP contribution in [0, 0.1) is 0 Å². The molecule has 2 rings (SSSR count). The molecule has 1 N–H and O–H groups in total. The minimum Gasteiger partial charge on any atom is -0.308 e. The highest BCUT2D eigenvalue weighted by Crippen LogP contribution is 2.40. The Labute approximate surface area is 120 Å². The van der Waals surface area contributed by atoms with E-state index in [-0.39, 0.29) is 0 Å². The summed E-state index contributed by atoms with van der Waals surface area (Å²) in [7, 11) is 0. The Kier molecular flexibility index (Phi) is 4.94. The molecule has 0 amide bonds.